The molecule has 2 heterocycles. The van der Waals surface area contributed by atoms with Crippen LogP contribution in [0, 0.1) is 0 Å². The van der Waals surface area contributed by atoms with E-state index in [4.69, 9.17) is 9.47 Å². The Morgan fingerprint density at radius 2 is 1.30 bits per heavy atom. The summed E-state index contributed by atoms with van der Waals surface area (Å²) in [5, 5.41) is 0. The van der Waals surface area contributed by atoms with Gasteiger partial charge in [0.1, 0.15) is 25.4 Å². The van der Waals surface area contributed by atoms with Gasteiger partial charge in [-0.15, -0.1) is 0 Å². The van der Waals surface area contributed by atoms with Crippen molar-refractivity contribution >= 4 is 17.7 Å². The summed E-state index contributed by atoms with van der Waals surface area (Å²) < 4.78 is 10.9. The van der Waals surface area contributed by atoms with Gasteiger partial charge in [0, 0.05) is 38.3 Å². The minimum Gasteiger partial charge on any atom is -0.491 e. The summed E-state index contributed by atoms with van der Waals surface area (Å²) in [4.78, 5) is 44.1. The van der Waals surface area contributed by atoms with E-state index in [9.17, 15) is 14.4 Å². The first-order valence-corrected chi connectivity index (χ1v) is 12.2. The van der Waals surface area contributed by atoms with Crippen LogP contribution in [0.4, 0.5) is 0 Å². The van der Waals surface area contributed by atoms with E-state index in [1.165, 1.54) is 4.90 Å². The molecule has 33 heavy (non-hydrogen) atoms. The van der Waals surface area contributed by atoms with E-state index in [-0.39, 0.29) is 30.8 Å². The molecule has 0 radical (unpaired) electrons. The second kappa shape index (κ2) is 13.2. The van der Waals surface area contributed by atoms with Crippen molar-refractivity contribution in [2.75, 3.05) is 59.1 Å². The van der Waals surface area contributed by atoms with Gasteiger partial charge in [-0.3, -0.25) is 14.4 Å². The number of likely N-dealkylation sites (tertiary alicyclic amines) is 2. The SMILES string of the molecule is CCOCCOc1ccc(C(=O)N(CC(=O)N2CCCCC2)CC(=O)N2CCCCC2)cc1. The highest BCUT2D eigenvalue weighted by atomic mass is 16.5. The molecule has 3 amide bonds. The molecule has 8 nitrogen and oxygen atoms in total. The number of hydrogen-bond donors (Lipinski definition) is 0. The molecule has 0 atom stereocenters. The molecule has 2 aliphatic heterocycles. The maximum atomic E-state index is 13.3. The number of nitrogens with zero attached hydrogens (tertiary/aromatic N) is 3. The van der Waals surface area contributed by atoms with Gasteiger partial charge >= 0.3 is 0 Å². The van der Waals surface area contributed by atoms with Crippen molar-refractivity contribution in [3.8, 4) is 5.75 Å². The number of amides is 3. The van der Waals surface area contributed by atoms with E-state index in [0.29, 0.717) is 57.3 Å². The Bertz CT molecular complexity index is 739. The van der Waals surface area contributed by atoms with Crippen LogP contribution in [0.15, 0.2) is 24.3 Å². The maximum absolute atomic E-state index is 13.3. The molecule has 0 N–H and O–H groups in total. The van der Waals surface area contributed by atoms with Crippen molar-refractivity contribution in [2.24, 2.45) is 0 Å². The van der Waals surface area contributed by atoms with Crippen LogP contribution in [0.5, 0.6) is 5.75 Å². The lowest BCUT2D eigenvalue weighted by Crippen LogP contribution is -2.49. The third-order valence-corrected chi connectivity index (χ3v) is 6.16. The van der Waals surface area contributed by atoms with E-state index in [1.54, 1.807) is 24.3 Å². The number of piperidine rings is 2. The lowest BCUT2D eigenvalue weighted by Gasteiger charge is -2.32. The first-order valence-electron chi connectivity index (χ1n) is 12.2. The van der Waals surface area contributed by atoms with Crippen LogP contribution >= 0.6 is 0 Å². The molecule has 1 aromatic rings. The fraction of sp³-hybridized carbons (Fsp3) is 0.640. The molecule has 3 rings (SSSR count). The second-order valence-corrected chi connectivity index (χ2v) is 8.61. The highest BCUT2D eigenvalue weighted by molar-refractivity contribution is 5.98. The smallest absolute Gasteiger partial charge is 0.254 e. The average molecular weight is 460 g/mol. The minimum absolute atomic E-state index is 0.0784. The maximum Gasteiger partial charge on any atom is 0.254 e. The molecule has 0 aromatic heterocycles. The van der Waals surface area contributed by atoms with E-state index < -0.39 is 0 Å². The molecule has 0 saturated carbocycles. The number of ether oxygens (including phenoxy) is 2. The third kappa shape index (κ3) is 7.74. The fourth-order valence-corrected chi connectivity index (χ4v) is 4.25. The molecular weight excluding hydrogens is 422 g/mol. The molecule has 8 heteroatoms. The Hall–Kier alpha value is -2.61. The van der Waals surface area contributed by atoms with Crippen LogP contribution in [0.2, 0.25) is 0 Å². The van der Waals surface area contributed by atoms with E-state index in [1.807, 2.05) is 16.7 Å². The Morgan fingerprint density at radius 1 is 0.788 bits per heavy atom. The molecule has 182 valence electrons. The van der Waals surface area contributed by atoms with Gasteiger partial charge in [0.25, 0.3) is 5.91 Å². The predicted molar refractivity (Wildman–Crippen MR) is 125 cm³/mol. The summed E-state index contributed by atoms with van der Waals surface area (Å²) in [6.45, 7) is 6.21. The molecule has 2 fully saturated rings. The topological polar surface area (TPSA) is 79.4 Å². The zero-order chi connectivity index (χ0) is 23.5. The number of carbonyl (C=O) groups excluding carboxylic acids is 3. The summed E-state index contributed by atoms with van der Waals surface area (Å²) in [6.07, 6.45) is 6.18. The summed E-state index contributed by atoms with van der Waals surface area (Å²) in [7, 11) is 0. The monoisotopic (exact) mass is 459 g/mol. The largest absolute Gasteiger partial charge is 0.491 e. The average Bonchev–Trinajstić information content (AvgIpc) is 2.87. The number of rotatable bonds is 10. The molecule has 2 saturated heterocycles. The third-order valence-electron chi connectivity index (χ3n) is 6.16. The fourth-order valence-electron chi connectivity index (χ4n) is 4.25. The quantitative estimate of drug-likeness (QED) is 0.503. The van der Waals surface area contributed by atoms with Crippen LogP contribution in [-0.4, -0.2) is 91.5 Å². The van der Waals surface area contributed by atoms with Gasteiger partial charge in [-0.2, -0.15) is 0 Å². The minimum atomic E-state index is -0.313. The number of benzene rings is 1. The van der Waals surface area contributed by atoms with Crippen molar-refractivity contribution in [2.45, 2.75) is 45.4 Å². The van der Waals surface area contributed by atoms with Gasteiger partial charge in [0.05, 0.1) is 6.61 Å². The van der Waals surface area contributed by atoms with Crippen molar-refractivity contribution in [1.82, 2.24) is 14.7 Å². The molecule has 0 spiro atoms. The number of hydrogen-bond acceptors (Lipinski definition) is 5. The molecule has 1 aromatic carbocycles. The van der Waals surface area contributed by atoms with Crippen molar-refractivity contribution in [3.63, 3.8) is 0 Å². The molecule has 0 bridgehead atoms. The van der Waals surface area contributed by atoms with Crippen LogP contribution in [-0.2, 0) is 14.3 Å². The van der Waals surface area contributed by atoms with E-state index in [0.717, 1.165) is 38.5 Å². The second-order valence-electron chi connectivity index (χ2n) is 8.61. The van der Waals surface area contributed by atoms with E-state index >= 15 is 0 Å². The predicted octanol–water partition coefficient (Wildman–Crippen LogP) is 2.57. The summed E-state index contributed by atoms with van der Waals surface area (Å²) >= 11 is 0. The Morgan fingerprint density at radius 3 is 1.79 bits per heavy atom. The van der Waals surface area contributed by atoms with Gasteiger partial charge in [-0.1, -0.05) is 0 Å². The highest BCUT2D eigenvalue weighted by Gasteiger charge is 2.27. The van der Waals surface area contributed by atoms with Crippen LogP contribution in [0.1, 0.15) is 55.8 Å². The summed E-state index contributed by atoms with van der Waals surface area (Å²) in [5.74, 6) is 0.147. The summed E-state index contributed by atoms with van der Waals surface area (Å²) in [6, 6.07) is 6.83. The van der Waals surface area contributed by atoms with Crippen LogP contribution < -0.4 is 4.74 Å². The van der Waals surface area contributed by atoms with Crippen molar-refractivity contribution < 1.29 is 23.9 Å². The number of carbonyl (C=O) groups is 3. The highest BCUT2D eigenvalue weighted by Crippen LogP contribution is 2.16. The van der Waals surface area contributed by atoms with Gasteiger partial charge < -0.3 is 24.2 Å². The van der Waals surface area contributed by atoms with Gasteiger partial charge in [-0.05, 0) is 69.7 Å². The van der Waals surface area contributed by atoms with Crippen molar-refractivity contribution in [3.05, 3.63) is 29.8 Å². The lowest BCUT2D eigenvalue weighted by molar-refractivity contribution is -0.135. The molecular formula is C25H37N3O5. The lowest BCUT2D eigenvalue weighted by atomic mass is 10.1. The van der Waals surface area contributed by atoms with Gasteiger partial charge in [-0.25, -0.2) is 0 Å². The first-order chi connectivity index (χ1) is 16.1. The Kier molecular flexibility index (Phi) is 10.00. The molecule has 2 aliphatic rings. The normalized spacial score (nSPS) is 16.4. The van der Waals surface area contributed by atoms with Gasteiger partial charge in [0.2, 0.25) is 11.8 Å². The molecule has 0 aliphatic carbocycles. The van der Waals surface area contributed by atoms with Crippen molar-refractivity contribution in [1.29, 1.82) is 0 Å². The zero-order valence-corrected chi connectivity index (χ0v) is 19.8. The van der Waals surface area contributed by atoms with Crippen LogP contribution in [0.25, 0.3) is 0 Å². The van der Waals surface area contributed by atoms with Crippen LogP contribution in [0.3, 0.4) is 0 Å². The van der Waals surface area contributed by atoms with Gasteiger partial charge in [0.15, 0.2) is 0 Å². The summed E-state index contributed by atoms with van der Waals surface area (Å²) in [5.41, 5.74) is 0.435. The standard InChI is InChI=1S/C25H37N3O5/c1-2-32-17-18-33-22-11-9-21(10-12-22)25(31)28(19-23(29)26-13-5-3-6-14-26)20-24(30)27-15-7-4-8-16-27/h9-12H,2-8,13-20H2,1H3. The zero-order valence-electron chi connectivity index (χ0n) is 19.8. The first kappa shape index (κ1) is 25.0. The Labute approximate surface area is 196 Å². The van der Waals surface area contributed by atoms with E-state index in [2.05, 4.69) is 0 Å². The molecule has 0 unspecified atom stereocenters. The Balaban J connectivity index is 1.66.